The van der Waals surface area contributed by atoms with Gasteiger partial charge in [-0.1, -0.05) is 27.5 Å². The van der Waals surface area contributed by atoms with Crippen LogP contribution in [0.2, 0.25) is 5.02 Å². The summed E-state index contributed by atoms with van der Waals surface area (Å²) in [6, 6.07) is 6.80. The molecule has 0 atom stereocenters. The van der Waals surface area contributed by atoms with Gasteiger partial charge in [-0.05, 0) is 43.7 Å². The van der Waals surface area contributed by atoms with Crippen molar-refractivity contribution in [3.63, 3.8) is 0 Å². The van der Waals surface area contributed by atoms with Crippen molar-refractivity contribution in [2.75, 3.05) is 20.1 Å². The van der Waals surface area contributed by atoms with Gasteiger partial charge in [-0.2, -0.15) is 0 Å². The first-order valence-electron chi connectivity index (χ1n) is 6.01. The zero-order chi connectivity index (χ0) is 12.3. The average Bonchev–Trinajstić information content (AvgIpc) is 3.12. The molecule has 0 unspecified atom stereocenters. The standard InChI is InChI=1S/C13H18BrClN2/c1-17(12-3-4-12)7-6-16-9-10-8-11(14)2-5-13(10)15/h2,5,8,12,16H,3-4,6-7,9H2,1H3. The molecule has 0 amide bonds. The summed E-state index contributed by atoms with van der Waals surface area (Å²) in [7, 11) is 2.20. The summed E-state index contributed by atoms with van der Waals surface area (Å²) in [5.74, 6) is 0. The molecule has 0 spiro atoms. The molecule has 1 aromatic carbocycles. The second-order valence-electron chi connectivity index (χ2n) is 4.62. The maximum Gasteiger partial charge on any atom is 0.0451 e. The number of hydrogen-bond donors (Lipinski definition) is 1. The maximum atomic E-state index is 6.13. The number of halogens is 2. The number of hydrogen-bond acceptors (Lipinski definition) is 2. The van der Waals surface area contributed by atoms with Gasteiger partial charge in [0.15, 0.2) is 0 Å². The van der Waals surface area contributed by atoms with Crippen molar-refractivity contribution in [1.29, 1.82) is 0 Å². The highest BCUT2D eigenvalue weighted by atomic mass is 79.9. The molecule has 4 heteroatoms. The van der Waals surface area contributed by atoms with Crippen LogP contribution in [0.3, 0.4) is 0 Å². The van der Waals surface area contributed by atoms with Crippen LogP contribution in [0.4, 0.5) is 0 Å². The first-order chi connectivity index (χ1) is 8.16. The Morgan fingerprint density at radius 2 is 2.24 bits per heavy atom. The van der Waals surface area contributed by atoms with Crippen LogP contribution in [-0.4, -0.2) is 31.1 Å². The van der Waals surface area contributed by atoms with E-state index in [4.69, 9.17) is 11.6 Å². The number of benzene rings is 1. The Hall–Kier alpha value is -0.0900. The van der Waals surface area contributed by atoms with Crippen molar-refractivity contribution >= 4 is 27.5 Å². The SMILES string of the molecule is CN(CCNCc1cc(Br)ccc1Cl)C1CC1. The molecule has 1 fully saturated rings. The van der Waals surface area contributed by atoms with Gasteiger partial charge in [-0.25, -0.2) is 0 Å². The Labute approximate surface area is 116 Å². The lowest BCUT2D eigenvalue weighted by Crippen LogP contribution is -2.30. The highest BCUT2D eigenvalue weighted by molar-refractivity contribution is 9.10. The lowest BCUT2D eigenvalue weighted by molar-refractivity contribution is 0.321. The largest absolute Gasteiger partial charge is 0.311 e. The summed E-state index contributed by atoms with van der Waals surface area (Å²) in [6.07, 6.45) is 2.74. The molecule has 2 rings (SSSR count). The molecule has 1 aliphatic carbocycles. The van der Waals surface area contributed by atoms with Crippen LogP contribution >= 0.6 is 27.5 Å². The van der Waals surface area contributed by atoms with Gasteiger partial charge in [-0.3, -0.25) is 0 Å². The molecular weight excluding hydrogens is 300 g/mol. The Balaban J connectivity index is 1.71. The van der Waals surface area contributed by atoms with Crippen LogP contribution in [0, 0.1) is 0 Å². The number of nitrogens with zero attached hydrogens (tertiary/aromatic N) is 1. The second-order valence-corrected chi connectivity index (χ2v) is 5.95. The van der Waals surface area contributed by atoms with Crippen LogP contribution in [-0.2, 0) is 6.54 Å². The van der Waals surface area contributed by atoms with E-state index in [1.54, 1.807) is 0 Å². The minimum absolute atomic E-state index is 0.830. The van der Waals surface area contributed by atoms with Crippen molar-refractivity contribution < 1.29 is 0 Å². The predicted molar refractivity (Wildman–Crippen MR) is 76.5 cm³/mol. The van der Waals surface area contributed by atoms with Gasteiger partial charge in [-0.15, -0.1) is 0 Å². The Bertz CT molecular complexity index is 380. The fourth-order valence-electron chi connectivity index (χ4n) is 1.86. The van der Waals surface area contributed by atoms with Gasteiger partial charge in [0, 0.05) is 35.2 Å². The van der Waals surface area contributed by atoms with Crippen molar-refractivity contribution in [1.82, 2.24) is 10.2 Å². The molecule has 0 aliphatic heterocycles. The van der Waals surface area contributed by atoms with Crippen LogP contribution in [0.1, 0.15) is 18.4 Å². The van der Waals surface area contributed by atoms with Gasteiger partial charge >= 0.3 is 0 Å². The predicted octanol–water partition coefficient (Wildman–Crippen LogP) is 3.29. The third-order valence-electron chi connectivity index (χ3n) is 3.13. The van der Waals surface area contributed by atoms with Crippen molar-refractivity contribution in [2.24, 2.45) is 0 Å². The molecular formula is C13H18BrClN2. The number of likely N-dealkylation sites (N-methyl/N-ethyl adjacent to an activating group) is 1. The van der Waals surface area contributed by atoms with E-state index in [9.17, 15) is 0 Å². The minimum atomic E-state index is 0.830. The third-order valence-corrected chi connectivity index (χ3v) is 4.00. The summed E-state index contributed by atoms with van der Waals surface area (Å²) >= 11 is 9.59. The lowest BCUT2D eigenvalue weighted by Gasteiger charge is -2.16. The third kappa shape index (κ3) is 4.25. The molecule has 0 saturated heterocycles. The molecule has 1 aliphatic rings. The van der Waals surface area contributed by atoms with E-state index in [-0.39, 0.29) is 0 Å². The molecule has 1 saturated carbocycles. The fourth-order valence-corrected chi connectivity index (χ4v) is 2.45. The minimum Gasteiger partial charge on any atom is -0.311 e. The van der Waals surface area contributed by atoms with Gasteiger partial charge < -0.3 is 10.2 Å². The van der Waals surface area contributed by atoms with Crippen molar-refractivity contribution in [3.05, 3.63) is 33.3 Å². The van der Waals surface area contributed by atoms with Crippen LogP contribution in [0.15, 0.2) is 22.7 Å². The van der Waals surface area contributed by atoms with E-state index in [0.29, 0.717) is 0 Å². The summed E-state index contributed by atoms with van der Waals surface area (Å²) < 4.78 is 1.08. The average molecular weight is 318 g/mol. The maximum absolute atomic E-state index is 6.13. The summed E-state index contributed by atoms with van der Waals surface area (Å²) in [5.41, 5.74) is 1.15. The van der Waals surface area contributed by atoms with E-state index >= 15 is 0 Å². The van der Waals surface area contributed by atoms with E-state index < -0.39 is 0 Å². The smallest absolute Gasteiger partial charge is 0.0451 e. The van der Waals surface area contributed by atoms with E-state index in [0.717, 1.165) is 40.7 Å². The van der Waals surface area contributed by atoms with Crippen LogP contribution in [0.5, 0.6) is 0 Å². The zero-order valence-electron chi connectivity index (χ0n) is 10.0. The Kier molecular flexibility index (Phi) is 4.86. The lowest BCUT2D eigenvalue weighted by atomic mass is 10.2. The quantitative estimate of drug-likeness (QED) is 0.810. The highest BCUT2D eigenvalue weighted by Crippen LogP contribution is 2.24. The summed E-state index contributed by atoms with van der Waals surface area (Å²) in [5, 5.41) is 4.27. The molecule has 2 nitrogen and oxygen atoms in total. The van der Waals surface area contributed by atoms with Gasteiger partial charge in [0.05, 0.1) is 0 Å². The molecule has 94 valence electrons. The molecule has 1 aromatic rings. The first-order valence-corrected chi connectivity index (χ1v) is 7.19. The van der Waals surface area contributed by atoms with E-state index in [2.05, 4.69) is 39.3 Å². The molecule has 0 radical (unpaired) electrons. The first kappa shape index (κ1) is 13.3. The van der Waals surface area contributed by atoms with E-state index in [1.807, 2.05) is 12.1 Å². The normalized spacial score (nSPS) is 15.5. The molecule has 0 bridgehead atoms. The monoisotopic (exact) mass is 316 g/mol. The number of rotatable bonds is 6. The van der Waals surface area contributed by atoms with Gasteiger partial charge in [0.1, 0.15) is 0 Å². The van der Waals surface area contributed by atoms with E-state index in [1.165, 1.54) is 12.8 Å². The number of nitrogens with one attached hydrogen (secondary N) is 1. The molecule has 0 aromatic heterocycles. The van der Waals surface area contributed by atoms with Crippen LogP contribution < -0.4 is 5.32 Å². The zero-order valence-corrected chi connectivity index (χ0v) is 12.4. The van der Waals surface area contributed by atoms with Gasteiger partial charge in [0.2, 0.25) is 0 Å². The Morgan fingerprint density at radius 3 is 2.94 bits per heavy atom. The van der Waals surface area contributed by atoms with Crippen molar-refractivity contribution in [2.45, 2.75) is 25.4 Å². The molecule has 1 N–H and O–H groups in total. The highest BCUT2D eigenvalue weighted by Gasteiger charge is 2.25. The molecule has 0 heterocycles. The summed E-state index contributed by atoms with van der Waals surface area (Å²) in [4.78, 5) is 2.43. The second kappa shape index (κ2) is 6.19. The summed E-state index contributed by atoms with van der Waals surface area (Å²) in [6.45, 7) is 2.95. The van der Waals surface area contributed by atoms with Crippen LogP contribution in [0.25, 0.3) is 0 Å². The van der Waals surface area contributed by atoms with Crippen molar-refractivity contribution in [3.8, 4) is 0 Å². The topological polar surface area (TPSA) is 15.3 Å². The van der Waals surface area contributed by atoms with Gasteiger partial charge in [0.25, 0.3) is 0 Å². The Morgan fingerprint density at radius 1 is 1.47 bits per heavy atom. The fraction of sp³-hybridized carbons (Fsp3) is 0.538. The molecule has 17 heavy (non-hydrogen) atoms.